The molecule has 2 heterocycles. The van der Waals surface area contributed by atoms with Gasteiger partial charge in [0, 0.05) is 38.5 Å². The van der Waals surface area contributed by atoms with Gasteiger partial charge in [-0.1, -0.05) is 27.7 Å². The third-order valence-electron chi connectivity index (χ3n) is 7.25. The second-order valence-electron chi connectivity index (χ2n) is 12.9. The van der Waals surface area contributed by atoms with Gasteiger partial charge >= 0.3 is 23.9 Å². The van der Waals surface area contributed by atoms with Crippen LogP contribution in [0.15, 0.2) is 0 Å². The van der Waals surface area contributed by atoms with E-state index in [1.54, 1.807) is 55.4 Å². The van der Waals surface area contributed by atoms with Gasteiger partial charge in [0.15, 0.2) is 11.8 Å². The molecule has 0 bridgehead atoms. The van der Waals surface area contributed by atoms with Crippen molar-refractivity contribution < 1.29 is 62.2 Å². The third-order valence-corrected chi connectivity index (χ3v) is 7.25. The van der Waals surface area contributed by atoms with Crippen molar-refractivity contribution in [2.45, 2.75) is 105 Å². The lowest BCUT2D eigenvalue weighted by Gasteiger charge is -2.31. The maximum absolute atomic E-state index is 13.0. The molecule has 4 amide bonds. The molecular formula is C30H44N2O13. The number of imide groups is 2. The van der Waals surface area contributed by atoms with Gasteiger partial charge in [-0.15, -0.1) is 10.1 Å². The lowest BCUT2D eigenvalue weighted by molar-refractivity contribution is -0.205. The summed E-state index contributed by atoms with van der Waals surface area (Å²) in [5.41, 5.74) is -1.88. The van der Waals surface area contributed by atoms with Crippen molar-refractivity contribution in [3.8, 4) is 0 Å². The van der Waals surface area contributed by atoms with E-state index in [4.69, 9.17) is 23.9 Å². The van der Waals surface area contributed by atoms with Crippen LogP contribution >= 0.6 is 0 Å². The summed E-state index contributed by atoms with van der Waals surface area (Å²) in [6.45, 7) is 13.2. The summed E-state index contributed by atoms with van der Waals surface area (Å²) in [5.74, 6) is -10.3. The van der Waals surface area contributed by atoms with E-state index >= 15 is 0 Å². The van der Waals surface area contributed by atoms with Gasteiger partial charge in [-0.3, -0.25) is 28.8 Å². The van der Waals surface area contributed by atoms with Crippen LogP contribution in [0.5, 0.6) is 0 Å². The van der Waals surface area contributed by atoms with Gasteiger partial charge < -0.3 is 23.9 Å². The smallest absolute Gasteiger partial charge is 0.347 e. The Kier molecular flexibility index (Phi) is 12.8. The van der Waals surface area contributed by atoms with Crippen molar-refractivity contribution in [1.29, 1.82) is 0 Å². The minimum Gasteiger partial charge on any atom is -0.465 e. The number of rotatable bonds is 16. The topological polar surface area (TPSA) is 189 Å². The maximum atomic E-state index is 13.0. The Balaban J connectivity index is 1.84. The highest BCUT2D eigenvalue weighted by atomic mass is 16.7. The molecule has 2 rings (SSSR count). The van der Waals surface area contributed by atoms with Gasteiger partial charge in [0.05, 0.1) is 18.8 Å². The molecule has 0 spiro atoms. The Hall–Kier alpha value is -3.88. The molecule has 0 aromatic carbocycles. The molecule has 0 N–H and O–H groups in total. The average molecular weight is 641 g/mol. The SMILES string of the molecule is CC(C)[C@@H](C(=O)OCCC(C)(C)OCCC(C)(C)OC(=O)[C@H](C(=O)ON1C(=O)CCC1=O)C(C)C)C(=O)ON1C(=O)CCC1=O. The number of hydroxylamine groups is 4. The van der Waals surface area contributed by atoms with Crippen LogP contribution < -0.4 is 0 Å². The second-order valence-corrected chi connectivity index (χ2v) is 12.9. The van der Waals surface area contributed by atoms with Crippen LogP contribution in [0.25, 0.3) is 0 Å². The monoisotopic (exact) mass is 640 g/mol. The van der Waals surface area contributed by atoms with E-state index in [1.807, 2.05) is 0 Å². The molecule has 0 aliphatic carbocycles. The molecule has 15 nitrogen and oxygen atoms in total. The van der Waals surface area contributed by atoms with E-state index in [-0.39, 0.29) is 51.7 Å². The highest BCUT2D eigenvalue weighted by molar-refractivity contribution is 6.04. The van der Waals surface area contributed by atoms with Crippen molar-refractivity contribution in [1.82, 2.24) is 10.1 Å². The molecule has 0 aromatic rings. The zero-order chi connectivity index (χ0) is 34.3. The largest absolute Gasteiger partial charge is 0.465 e. The number of carbonyl (C=O) groups is 8. The second kappa shape index (κ2) is 15.4. The van der Waals surface area contributed by atoms with Crippen molar-refractivity contribution in [2.24, 2.45) is 23.7 Å². The summed E-state index contributed by atoms with van der Waals surface area (Å²) in [6, 6.07) is 0. The zero-order valence-electron chi connectivity index (χ0n) is 27.2. The number of hydrogen-bond acceptors (Lipinski definition) is 13. The fourth-order valence-corrected chi connectivity index (χ4v) is 4.41. The van der Waals surface area contributed by atoms with E-state index in [0.29, 0.717) is 10.1 Å². The molecule has 2 atom stereocenters. The first-order valence-corrected chi connectivity index (χ1v) is 14.9. The van der Waals surface area contributed by atoms with Crippen LogP contribution in [-0.4, -0.2) is 82.0 Å². The van der Waals surface area contributed by atoms with Crippen molar-refractivity contribution in [3.05, 3.63) is 0 Å². The first-order valence-electron chi connectivity index (χ1n) is 14.9. The fraction of sp³-hybridized carbons (Fsp3) is 0.733. The number of ether oxygens (including phenoxy) is 3. The average Bonchev–Trinajstić information content (AvgIpc) is 3.37. The molecule has 2 aliphatic heterocycles. The minimum atomic E-state index is -1.37. The first-order chi connectivity index (χ1) is 20.8. The third kappa shape index (κ3) is 10.6. The zero-order valence-corrected chi connectivity index (χ0v) is 27.2. The summed E-state index contributed by atoms with van der Waals surface area (Å²) in [5, 5.41) is 0.769. The van der Waals surface area contributed by atoms with Gasteiger partial charge in [-0.25, -0.2) is 9.59 Å². The van der Waals surface area contributed by atoms with Crippen LogP contribution in [-0.2, 0) is 62.2 Å². The first kappa shape index (κ1) is 37.3. The van der Waals surface area contributed by atoms with Gasteiger partial charge in [0.25, 0.3) is 23.6 Å². The van der Waals surface area contributed by atoms with E-state index < -0.39 is 82.4 Å². The Morgan fingerprint density at radius 2 is 0.978 bits per heavy atom. The fourth-order valence-electron chi connectivity index (χ4n) is 4.41. The number of nitrogens with zero attached hydrogens (tertiary/aromatic N) is 2. The molecule has 2 fully saturated rings. The van der Waals surface area contributed by atoms with Gasteiger partial charge in [-0.05, 0) is 39.5 Å². The minimum absolute atomic E-state index is 0.0735. The Morgan fingerprint density at radius 1 is 0.600 bits per heavy atom. The number of hydrogen-bond donors (Lipinski definition) is 0. The molecule has 0 aromatic heterocycles. The van der Waals surface area contributed by atoms with Gasteiger partial charge in [0.2, 0.25) is 0 Å². The van der Waals surface area contributed by atoms with E-state index in [0.717, 1.165) is 0 Å². The Morgan fingerprint density at radius 3 is 1.38 bits per heavy atom. The Bertz CT molecular complexity index is 1160. The molecule has 2 aliphatic rings. The van der Waals surface area contributed by atoms with Crippen molar-refractivity contribution in [3.63, 3.8) is 0 Å². The predicted octanol–water partition coefficient (Wildman–Crippen LogP) is 2.19. The summed E-state index contributed by atoms with van der Waals surface area (Å²) in [7, 11) is 0. The highest BCUT2D eigenvalue weighted by Gasteiger charge is 2.42. The van der Waals surface area contributed by atoms with E-state index in [1.165, 1.54) is 0 Å². The van der Waals surface area contributed by atoms with Crippen LogP contribution in [0.2, 0.25) is 0 Å². The molecule has 0 saturated carbocycles. The van der Waals surface area contributed by atoms with E-state index in [2.05, 4.69) is 0 Å². The van der Waals surface area contributed by atoms with E-state index in [9.17, 15) is 38.4 Å². The summed E-state index contributed by atoms with van der Waals surface area (Å²) >= 11 is 0. The lowest BCUT2D eigenvalue weighted by atomic mass is 9.95. The summed E-state index contributed by atoms with van der Waals surface area (Å²) in [6.07, 6.45) is 0.156. The standard InChI is InChI=1S/C30H44N2O13/c1-17(2)23(27(39)44-31-19(33)9-10-20(31)34)25(37)41-15-13-29(5,6)42-16-14-30(7,8)43-26(38)24(18(3)4)28(40)45-32-21(35)11-12-22(32)36/h17-18,23-24H,9-16H2,1-8H3/t23-,24+/m0/s1. The lowest BCUT2D eigenvalue weighted by Crippen LogP contribution is -2.42. The van der Waals surface area contributed by atoms with Crippen molar-refractivity contribution >= 4 is 47.5 Å². The molecule has 0 radical (unpaired) electrons. The number of carbonyl (C=O) groups excluding carboxylic acids is 8. The molecule has 45 heavy (non-hydrogen) atoms. The number of amides is 4. The maximum Gasteiger partial charge on any atom is 0.347 e. The van der Waals surface area contributed by atoms with Crippen LogP contribution in [0.1, 0.15) is 93.9 Å². The summed E-state index contributed by atoms with van der Waals surface area (Å²) < 4.78 is 16.8. The molecule has 252 valence electrons. The number of esters is 2. The van der Waals surface area contributed by atoms with Crippen LogP contribution in [0.4, 0.5) is 0 Å². The van der Waals surface area contributed by atoms with Gasteiger partial charge in [0.1, 0.15) is 5.60 Å². The molecule has 15 heteroatoms. The van der Waals surface area contributed by atoms with Crippen LogP contribution in [0, 0.1) is 23.7 Å². The molecule has 0 unspecified atom stereocenters. The van der Waals surface area contributed by atoms with Gasteiger partial charge in [-0.2, -0.15) is 0 Å². The highest BCUT2D eigenvalue weighted by Crippen LogP contribution is 2.25. The molecular weight excluding hydrogens is 596 g/mol. The predicted molar refractivity (Wildman–Crippen MR) is 151 cm³/mol. The van der Waals surface area contributed by atoms with Crippen molar-refractivity contribution in [2.75, 3.05) is 13.2 Å². The van der Waals surface area contributed by atoms with Crippen LogP contribution in [0.3, 0.4) is 0 Å². The quantitative estimate of drug-likeness (QED) is 0.136. The summed E-state index contributed by atoms with van der Waals surface area (Å²) in [4.78, 5) is 108. The Labute approximate surface area is 262 Å². The normalized spacial score (nSPS) is 17.2. The molecule has 2 saturated heterocycles.